The maximum absolute atomic E-state index is 12.6. The lowest BCUT2D eigenvalue weighted by Crippen LogP contribution is -2.49. The van der Waals surface area contributed by atoms with Gasteiger partial charge in [0.2, 0.25) is 0 Å². The summed E-state index contributed by atoms with van der Waals surface area (Å²) in [5, 5.41) is 19.7. The number of phenols is 2. The third-order valence-corrected chi connectivity index (χ3v) is 6.53. The van der Waals surface area contributed by atoms with Gasteiger partial charge < -0.3 is 19.7 Å². The molecule has 0 aromatic heterocycles. The number of fused-ring (bicyclic) bond motifs is 1. The summed E-state index contributed by atoms with van der Waals surface area (Å²) >= 11 is 0. The van der Waals surface area contributed by atoms with Crippen LogP contribution >= 0.6 is 0 Å². The molecule has 0 bridgehead atoms. The van der Waals surface area contributed by atoms with Gasteiger partial charge >= 0.3 is 5.97 Å². The summed E-state index contributed by atoms with van der Waals surface area (Å²) in [6.07, 6.45) is 5.87. The predicted molar refractivity (Wildman–Crippen MR) is 117 cm³/mol. The van der Waals surface area contributed by atoms with Crippen molar-refractivity contribution in [2.75, 3.05) is 13.7 Å². The Hall–Kier alpha value is -2.73. The van der Waals surface area contributed by atoms with Gasteiger partial charge in [0.15, 0.2) is 11.5 Å². The Morgan fingerprint density at radius 1 is 1.10 bits per heavy atom. The number of esters is 1. The molecule has 0 amide bonds. The minimum atomic E-state index is -0.182. The Labute approximate surface area is 183 Å². The van der Waals surface area contributed by atoms with Crippen LogP contribution in [0.4, 0.5) is 0 Å². The molecule has 166 valence electrons. The molecule has 2 N–H and O–H groups in total. The van der Waals surface area contributed by atoms with Crippen molar-refractivity contribution in [2.24, 2.45) is 0 Å². The van der Waals surface area contributed by atoms with Crippen LogP contribution in [-0.2, 0) is 16.0 Å². The second kappa shape index (κ2) is 9.60. The number of methoxy groups -OCH3 is 1. The molecule has 3 unspecified atom stereocenters. The number of carbonyl (C=O) groups excluding carboxylic acids is 1. The number of carbonyl (C=O) groups is 1. The van der Waals surface area contributed by atoms with E-state index in [9.17, 15) is 15.0 Å². The van der Waals surface area contributed by atoms with Crippen molar-refractivity contribution in [3.63, 3.8) is 0 Å². The fraction of sp³-hybridized carbons (Fsp3) is 0.480. The van der Waals surface area contributed by atoms with Gasteiger partial charge in [-0.05, 0) is 61.2 Å². The van der Waals surface area contributed by atoms with Crippen LogP contribution in [-0.4, -0.2) is 46.9 Å². The normalized spacial score (nSPS) is 23.7. The molecule has 3 atom stereocenters. The molecule has 6 heteroatoms. The summed E-state index contributed by atoms with van der Waals surface area (Å²) < 4.78 is 11.1. The number of aromatic hydroxyl groups is 2. The highest BCUT2D eigenvalue weighted by Crippen LogP contribution is 2.41. The van der Waals surface area contributed by atoms with Crippen molar-refractivity contribution < 1.29 is 24.5 Å². The number of hydrogen-bond acceptors (Lipinski definition) is 6. The lowest BCUT2D eigenvalue weighted by atomic mass is 9.84. The Morgan fingerprint density at radius 2 is 1.90 bits per heavy atom. The molecule has 2 aliphatic heterocycles. The summed E-state index contributed by atoms with van der Waals surface area (Å²) in [5.41, 5.74) is 2.04. The first-order chi connectivity index (χ1) is 15.0. The lowest BCUT2D eigenvalue weighted by molar-refractivity contribution is -0.154. The first kappa shape index (κ1) is 21.5. The van der Waals surface area contributed by atoms with E-state index in [1.54, 1.807) is 31.4 Å². The molecule has 0 saturated carbocycles. The lowest BCUT2D eigenvalue weighted by Gasteiger charge is -2.47. The van der Waals surface area contributed by atoms with Crippen LogP contribution in [0.3, 0.4) is 0 Å². The van der Waals surface area contributed by atoms with Crippen LogP contribution in [0.2, 0.25) is 0 Å². The molecular weight excluding hydrogens is 394 g/mol. The Kier molecular flexibility index (Phi) is 6.66. The van der Waals surface area contributed by atoms with Gasteiger partial charge in [-0.15, -0.1) is 0 Å². The molecule has 0 spiro atoms. The summed E-state index contributed by atoms with van der Waals surface area (Å²) in [7, 11) is 1.55. The van der Waals surface area contributed by atoms with Gasteiger partial charge in [-0.25, -0.2) is 0 Å². The molecule has 2 saturated heterocycles. The number of nitrogens with zero attached hydrogens (tertiary/aromatic N) is 1. The maximum atomic E-state index is 12.6. The van der Waals surface area contributed by atoms with Crippen molar-refractivity contribution >= 4 is 5.97 Å². The Balaban J connectivity index is 1.42. The number of benzene rings is 2. The highest BCUT2D eigenvalue weighted by molar-refractivity contribution is 5.70. The molecule has 6 nitrogen and oxygen atoms in total. The van der Waals surface area contributed by atoms with Crippen molar-refractivity contribution in [1.82, 2.24) is 4.90 Å². The molecule has 2 heterocycles. The van der Waals surface area contributed by atoms with E-state index >= 15 is 0 Å². The van der Waals surface area contributed by atoms with Gasteiger partial charge in [-0.2, -0.15) is 0 Å². The minimum Gasteiger partial charge on any atom is -0.508 e. The number of aryl methyl sites for hydroxylation is 1. The fourth-order valence-electron chi connectivity index (χ4n) is 4.96. The molecule has 2 aromatic rings. The molecule has 2 aliphatic rings. The quantitative estimate of drug-likeness (QED) is 0.671. The number of hydrogen-bond donors (Lipinski definition) is 2. The van der Waals surface area contributed by atoms with Crippen LogP contribution in [0, 0.1) is 0 Å². The zero-order valence-corrected chi connectivity index (χ0v) is 18.0. The fourth-order valence-corrected chi connectivity index (χ4v) is 4.96. The van der Waals surface area contributed by atoms with Crippen LogP contribution in [0.15, 0.2) is 42.5 Å². The van der Waals surface area contributed by atoms with E-state index in [-0.39, 0.29) is 29.6 Å². The van der Waals surface area contributed by atoms with Crippen molar-refractivity contribution in [2.45, 2.75) is 63.1 Å². The van der Waals surface area contributed by atoms with E-state index in [2.05, 4.69) is 4.90 Å². The second-order valence-electron chi connectivity index (χ2n) is 8.58. The monoisotopic (exact) mass is 425 g/mol. The van der Waals surface area contributed by atoms with Crippen molar-refractivity contribution in [3.8, 4) is 17.2 Å². The van der Waals surface area contributed by atoms with Gasteiger partial charge in [0.1, 0.15) is 11.9 Å². The first-order valence-corrected chi connectivity index (χ1v) is 11.1. The molecule has 0 aliphatic carbocycles. The van der Waals surface area contributed by atoms with Gasteiger partial charge in [0.25, 0.3) is 0 Å². The molecule has 4 rings (SSSR count). The van der Waals surface area contributed by atoms with Gasteiger partial charge in [-0.1, -0.05) is 24.6 Å². The maximum Gasteiger partial charge on any atom is 0.306 e. The SMILES string of the molecule is COc1ccc(C2CC(OC(=O)CCc3ccc(O)cc3)CC3CCCCN32)cc1O. The smallest absolute Gasteiger partial charge is 0.306 e. The highest BCUT2D eigenvalue weighted by Gasteiger charge is 2.39. The zero-order valence-electron chi connectivity index (χ0n) is 18.0. The summed E-state index contributed by atoms with van der Waals surface area (Å²) in [4.78, 5) is 15.1. The first-order valence-electron chi connectivity index (χ1n) is 11.1. The van der Waals surface area contributed by atoms with E-state index in [1.807, 2.05) is 18.2 Å². The highest BCUT2D eigenvalue weighted by atomic mass is 16.5. The van der Waals surface area contributed by atoms with E-state index in [1.165, 1.54) is 12.8 Å². The van der Waals surface area contributed by atoms with Crippen LogP contribution < -0.4 is 4.74 Å². The topological polar surface area (TPSA) is 79.2 Å². The van der Waals surface area contributed by atoms with Gasteiger partial charge in [0, 0.05) is 31.3 Å². The molecule has 31 heavy (non-hydrogen) atoms. The van der Waals surface area contributed by atoms with Crippen molar-refractivity contribution in [1.29, 1.82) is 0 Å². The third-order valence-electron chi connectivity index (χ3n) is 6.53. The molecule has 2 fully saturated rings. The standard InChI is InChI=1S/C25H31NO5/c1-30-24-11-8-18(14-23(24)28)22-16-21(15-19-4-2-3-13-26(19)22)31-25(29)12-7-17-5-9-20(27)10-6-17/h5-6,8-11,14,19,21-22,27-28H,2-4,7,12-13,15-16H2,1H3. The van der Waals surface area contributed by atoms with Crippen LogP contribution in [0.5, 0.6) is 17.2 Å². The van der Waals surface area contributed by atoms with Crippen molar-refractivity contribution in [3.05, 3.63) is 53.6 Å². The third kappa shape index (κ3) is 5.13. The second-order valence-corrected chi connectivity index (χ2v) is 8.58. The van der Waals surface area contributed by atoms with E-state index in [0.717, 1.165) is 36.9 Å². The summed E-state index contributed by atoms with van der Waals surface area (Å²) in [6.45, 7) is 1.03. The number of piperidine rings is 2. The predicted octanol–water partition coefficient (Wildman–Crippen LogP) is 4.34. The van der Waals surface area contributed by atoms with Crippen LogP contribution in [0.1, 0.15) is 55.7 Å². The number of rotatable bonds is 6. The summed E-state index contributed by atoms with van der Waals surface area (Å²) in [5.74, 6) is 0.647. The zero-order chi connectivity index (χ0) is 21.8. The molecule has 0 radical (unpaired) electrons. The molecule has 2 aromatic carbocycles. The largest absolute Gasteiger partial charge is 0.508 e. The minimum absolute atomic E-state index is 0.116. The summed E-state index contributed by atoms with van der Waals surface area (Å²) in [6, 6.07) is 13.0. The molecular formula is C25H31NO5. The van der Waals surface area contributed by atoms with E-state index < -0.39 is 0 Å². The van der Waals surface area contributed by atoms with Gasteiger partial charge in [0.05, 0.1) is 7.11 Å². The average molecular weight is 426 g/mol. The number of phenolic OH excluding ortho intramolecular Hbond substituents is 2. The Bertz CT molecular complexity index is 897. The van der Waals surface area contributed by atoms with Crippen LogP contribution in [0.25, 0.3) is 0 Å². The van der Waals surface area contributed by atoms with E-state index in [4.69, 9.17) is 9.47 Å². The van der Waals surface area contributed by atoms with Gasteiger partial charge in [-0.3, -0.25) is 9.69 Å². The average Bonchev–Trinajstić information content (AvgIpc) is 2.78. The Morgan fingerprint density at radius 3 is 2.65 bits per heavy atom. The number of ether oxygens (including phenoxy) is 2. The van der Waals surface area contributed by atoms with E-state index in [0.29, 0.717) is 24.6 Å².